The van der Waals surface area contributed by atoms with E-state index in [9.17, 15) is 4.79 Å². The molecule has 0 aromatic heterocycles. The highest BCUT2D eigenvalue weighted by Gasteiger charge is 2.08. The second-order valence-electron chi connectivity index (χ2n) is 1.81. The highest BCUT2D eigenvalue weighted by atomic mass is 16.5. The van der Waals surface area contributed by atoms with Crippen molar-refractivity contribution in [2.24, 2.45) is 0 Å². The number of carboxylic acid groups (broad SMARTS) is 1. The van der Waals surface area contributed by atoms with E-state index in [1.54, 1.807) is 0 Å². The Morgan fingerprint density at radius 2 is 2.50 bits per heavy atom. The quantitative estimate of drug-likeness (QED) is 0.459. The number of rotatable bonds is 4. The third kappa shape index (κ3) is 3.93. The van der Waals surface area contributed by atoms with Crippen LogP contribution in [0.5, 0.6) is 0 Å². The summed E-state index contributed by atoms with van der Waals surface area (Å²) >= 11 is 0. The molecular formula is C7H10O3. The van der Waals surface area contributed by atoms with Gasteiger partial charge < -0.3 is 9.84 Å². The third-order valence-corrected chi connectivity index (χ3v) is 0.962. The molecule has 1 N–H and O–H groups in total. The van der Waals surface area contributed by atoms with Gasteiger partial charge in [-0.3, -0.25) is 0 Å². The molecular weight excluding hydrogens is 132 g/mol. The van der Waals surface area contributed by atoms with Gasteiger partial charge in [-0.15, -0.1) is 12.3 Å². The van der Waals surface area contributed by atoms with Gasteiger partial charge >= 0.3 is 5.97 Å². The lowest BCUT2D eigenvalue weighted by Gasteiger charge is -2.04. The van der Waals surface area contributed by atoms with Gasteiger partial charge in [0.2, 0.25) is 0 Å². The second-order valence-corrected chi connectivity index (χ2v) is 1.81. The van der Waals surface area contributed by atoms with Crippen LogP contribution in [-0.4, -0.2) is 23.8 Å². The van der Waals surface area contributed by atoms with Crippen LogP contribution in [-0.2, 0) is 9.53 Å². The predicted octanol–water partition coefficient (Wildman–Crippen LogP) is 0.499. The molecule has 0 rings (SSSR count). The fraction of sp³-hybridized carbons (Fsp3) is 0.571. The standard InChI is InChI=1S/C7H10O3/c1-3-4-5-10-6(2)7(8)9/h1,6H,4-5H2,2H3,(H,8,9)/t6-/m1/s1. The van der Waals surface area contributed by atoms with Crippen molar-refractivity contribution >= 4 is 5.97 Å². The molecule has 1 atom stereocenters. The van der Waals surface area contributed by atoms with Gasteiger partial charge in [-0.2, -0.15) is 0 Å². The first-order valence-electron chi connectivity index (χ1n) is 2.96. The van der Waals surface area contributed by atoms with Crippen molar-refractivity contribution in [2.75, 3.05) is 6.61 Å². The Morgan fingerprint density at radius 3 is 2.90 bits per heavy atom. The average Bonchev–Trinajstić information content (AvgIpc) is 1.88. The van der Waals surface area contributed by atoms with Crippen molar-refractivity contribution in [3.05, 3.63) is 0 Å². The molecule has 0 aromatic carbocycles. The van der Waals surface area contributed by atoms with Crippen LogP contribution in [0.25, 0.3) is 0 Å². The Balaban J connectivity index is 3.32. The molecule has 0 saturated carbocycles. The maximum absolute atomic E-state index is 10.1. The van der Waals surface area contributed by atoms with Crippen LogP contribution in [0.4, 0.5) is 0 Å². The molecule has 10 heavy (non-hydrogen) atoms. The van der Waals surface area contributed by atoms with Crippen molar-refractivity contribution in [1.29, 1.82) is 0 Å². The number of hydrogen-bond donors (Lipinski definition) is 1. The van der Waals surface area contributed by atoms with E-state index >= 15 is 0 Å². The Hall–Kier alpha value is -1.01. The summed E-state index contributed by atoms with van der Waals surface area (Å²) in [6.45, 7) is 1.78. The largest absolute Gasteiger partial charge is 0.479 e. The lowest BCUT2D eigenvalue weighted by molar-refractivity contribution is -0.148. The summed E-state index contributed by atoms with van der Waals surface area (Å²) in [4.78, 5) is 10.1. The Morgan fingerprint density at radius 1 is 1.90 bits per heavy atom. The minimum atomic E-state index is -0.961. The van der Waals surface area contributed by atoms with Crippen LogP contribution in [0.3, 0.4) is 0 Å². The molecule has 0 unspecified atom stereocenters. The van der Waals surface area contributed by atoms with Gasteiger partial charge in [0, 0.05) is 6.42 Å². The maximum atomic E-state index is 10.1. The van der Waals surface area contributed by atoms with Crippen molar-refractivity contribution in [3.8, 4) is 12.3 Å². The SMILES string of the molecule is C#CCCO[C@H](C)C(=O)O. The number of terminal acetylenes is 1. The van der Waals surface area contributed by atoms with Gasteiger partial charge in [-0.1, -0.05) is 0 Å². The van der Waals surface area contributed by atoms with E-state index in [2.05, 4.69) is 5.92 Å². The summed E-state index contributed by atoms with van der Waals surface area (Å²) in [6, 6.07) is 0. The van der Waals surface area contributed by atoms with Crippen LogP contribution < -0.4 is 0 Å². The van der Waals surface area contributed by atoms with Gasteiger partial charge in [0.15, 0.2) is 6.10 Å². The van der Waals surface area contributed by atoms with E-state index < -0.39 is 12.1 Å². The molecule has 0 fully saturated rings. The van der Waals surface area contributed by atoms with Crippen molar-refractivity contribution < 1.29 is 14.6 Å². The van der Waals surface area contributed by atoms with Crippen molar-refractivity contribution in [3.63, 3.8) is 0 Å². The number of carboxylic acids is 1. The Bertz CT molecular complexity index is 145. The van der Waals surface area contributed by atoms with Crippen LogP contribution >= 0.6 is 0 Å². The van der Waals surface area contributed by atoms with E-state index in [1.807, 2.05) is 0 Å². The van der Waals surface area contributed by atoms with Crippen LogP contribution in [0, 0.1) is 12.3 Å². The number of hydrogen-bond acceptors (Lipinski definition) is 2. The predicted molar refractivity (Wildman–Crippen MR) is 36.5 cm³/mol. The lowest BCUT2D eigenvalue weighted by atomic mass is 10.4. The zero-order chi connectivity index (χ0) is 7.98. The molecule has 3 heteroatoms. The summed E-state index contributed by atoms with van der Waals surface area (Å²) < 4.78 is 4.80. The molecule has 0 spiro atoms. The molecule has 0 aliphatic carbocycles. The smallest absolute Gasteiger partial charge is 0.332 e. The van der Waals surface area contributed by atoms with Crippen LogP contribution in [0.15, 0.2) is 0 Å². The molecule has 0 aliphatic heterocycles. The summed E-state index contributed by atoms with van der Waals surface area (Å²) in [5, 5.41) is 8.30. The summed E-state index contributed by atoms with van der Waals surface area (Å²) in [7, 11) is 0. The fourth-order valence-corrected chi connectivity index (χ4v) is 0.366. The molecule has 0 radical (unpaired) electrons. The summed E-state index contributed by atoms with van der Waals surface area (Å²) in [5.74, 6) is 1.38. The Kier molecular flexibility index (Phi) is 4.34. The zero-order valence-corrected chi connectivity index (χ0v) is 5.83. The van der Waals surface area contributed by atoms with Gasteiger partial charge in [-0.25, -0.2) is 4.79 Å². The first-order chi connectivity index (χ1) is 4.68. The van der Waals surface area contributed by atoms with Crippen LogP contribution in [0.2, 0.25) is 0 Å². The number of aliphatic carboxylic acids is 1. The summed E-state index contributed by atoms with van der Waals surface area (Å²) in [6.07, 6.45) is 4.61. The highest BCUT2D eigenvalue weighted by molar-refractivity contribution is 5.71. The molecule has 0 aliphatic rings. The zero-order valence-electron chi connectivity index (χ0n) is 5.83. The molecule has 0 aromatic rings. The number of ether oxygens (including phenoxy) is 1. The van der Waals surface area contributed by atoms with E-state index in [0.717, 1.165) is 0 Å². The Labute approximate surface area is 60.0 Å². The molecule has 0 amide bonds. The fourth-order valence-electron chi connectivity index (χ4n) is 0.366. The third-order valence-electron chi connectivity index (χ3n) is 0.962. The minimum Gasteiger partial charge on any atom is -0.479 e. The first kappa shape index (κ1) is 8.99. The maximum Gasteiger partial charge on any atom is 0.332 e. The van der Waals surface area contributed by atoms with E-state index in [-0.39, 0.29) is 0 Å². The molecule has 3 nitrogen and oxygen atoms in total. The van der Waals surface area contributed by atoms with Crippen molar-refractivity contribution in [2.45, 2.75) is 19.4 Å². The minimum absolute atomic E-state index is 0.309. The van der Waals surface area contributed by atoms with Gasteiger partial charge in [0.1, 0.15) is 0 Å². The molecule has 0 saturated heterocycles. The highest BCUT2D eigenvalue weighted by Crippen LogP contribution is 1.90. The van der Waals surface area contributed by atoms with Gasteiger partial charge in [0.25, 0.3) is 0 Å². The van der Waals surface area contributed by atoms with E-state index in [1.165, 1.54) is 6.92 Å². The number of carbonyl (C=O) groups is 1. The van der Waals surface area contributed by atoms with Gasteiger partial charge in [-0.05, 0) is 6.92 Å². The first-order valence-corrected chi connectivity index (χ1v) is 2.96. The van der Waals surface area contributed by atoms with Gasteiger partial charge in [0.05, 0.1) is 6.61 Å². The molecule has 0 bridgehead atoms. The molecule has 0 heterocycles. The topological polar surface area (TPSA) is 46.5 Å². The average molecular weight is 142 g/mol. The van der Waals surface area contributed by atoms with Crippen LogP contribution in [0.1, 0.15) is 13.3 Å². The lowest BCUT2D eigenvalue weighted by Crippen LogP contribution is -2.20. The molecule has 56 valence electrons. The summed E-state index contributed by atoms with van der Waals surface area (Å²) in [5.41, 5.74) is 0. The van der Waals surface area contributed by atoms with Crippen molar-refractivity contribution in [1.82, 2.24) is 0 Å². The van der Waals surface area contributed by atoms with E-state index in [4.69, 9.17) is 16.3 Å². The monoisotopic (exact) mass is 142 g/mol. The normalized spacial score (nSPS) is 12.0. The second kappa shape index (κ2) is 4.83. The van der Waals surface area contributed by atoms with E-state index in [0.29, 0.717) is 13.0 Å².